The first-order chi connectivity index (χ1) is 10.2. The molecule has 108 valence electrons. The number of thioether (sulfide) groups is 1. The summed E-state index contributed by atoms with van der Waals surface area (Å²) in [6.45, 7) is 1.95. The quantitative estimate of drug-likeness (QED) is 0.844. The van der Waals surface area contributed by atoms with E-state index in [1.54, 1.807) is 0 Å². The van der Waals surface area contributed by atoms with E-state index in [4.69, 9.17) is 0 Å². The smallest absolute Gasteiger partial charge is 0.144 e. The Kier molecular flexibility index (Phi) is 3.97. The van der Waals surface area contributed by atoms with E-state index < -0.39 is 0 Å². The fraction of sp³-hybridized carbons (Fsp3) is 0.294. The van der Waals surface area contributed by atoms with Crippen molar-refractivity contribution >= 4 is 28.5 Å². The Morgan fingerprint density at radius 1 is 1.10 bits per heavy atom. The molecule has 4 heteroatoms. The molecule has 0 radical (unpaired) electrons. The molecule has 3 rings (SSSR count). The van der Waals surface area contributed by atoms with E-state index in [1.807, 2.05) is 36.9 Å². The van der Waals surface area contributed by atoms with Crippen molar-refractivity contribution in [3.63, 3.8) is 0 Å². The molecule has 1 aromatic carbocycles. The second kappa shape index (κ2) is 5.90. The van der Waals surface area contributed by atoms with Gasteiger partial charge in [-0.3, -0.25) is 0 Å². The molecule has 0 bridgehead atoms. The molecule has 0 amide bonds. The van der Waals surface area contributed by atoms with E-state index in [-0.39, 0.29) is 0 Å². The molecule has 0 saturated carbocycles. The summed E-state index contributed by atoms with van der Waals surface area (Å²) in [5, 5.41) is 1.10. The van der Waals surface area contributed by atoms with E-state index in [9.17, 15) is 0 Å². The highest BCUT2D eigenvalue weighted by Gasteiger charge is 2.15. The molecule has 1 aliphatic rings. The lowest BCUT2D eigenvalue weighted by molar-refractivity contribution is 0.875. The number of hydrogen-bond acceptors (Lipinski definition) is 4. The van der Waals surface area contributed by atoms with Crippen molar-refractivity contribution in [3.8, 4) is 0 Å². The lowest BCUT2D eigenvalue weighted by Gasteiger charge is -2.25. The summed E-state index contributed by atoms with van der Waals surface area (Å²) in [7, 11) is 2.10. The fourth-order valence-electron chi connectivity index (χ4n) is 2.62. The van der Waals surface area contributed by atoms with Crippen molar-refractivity contribution in [2.75, 3.05) is 18.2 Å². The van der Waals surface area contributed by atoms with Gasteiger partial charge in [0.1, 0.15) is 11.6 Å². The van der Waals surface area contributed by atoms with Crippen LogP contribution in [0.5, 0.6) is 0 Å². The highest BCUT2D eigenvalue weighted by molar-refractivity contribution is 8.02. The van der Waals surface area contributed by atoms with Gasteiger partial charge >= 0.3 is 0 Å². The standard InChI is InChI=1S/C17H19N3S/c1-12-18-16-7-5-4-6-15(16)17(19-12)20(2)13-8-10-14(21-3)11-9-13/h4-8,10H,9,11H2,1-3H3. The number of nitrogens with zero attached hydrogens (tertiary/aromatic N) is 3. The number of fused-ring (bicyclic) bond motifs is 1. The highest BCUT2D eigenvalue weighted by Crippen LogP contribution is 2.31. The van der Waals surface area contributed by atoms with Crippen molar-refractivity contribution in [2.24, 2.45) is 0 Å². The molecule has 1 aliphatic carbocycles. The van der Waals surface area contributed by atoms with Crippen molar-refractivity contribution in [1.82, 2.24) is 9.97 Å². The van der Waals surface area contributed by atoms with E-state index in [2.05, 4.69) is 46.4 Å². The highest BCUT2D eigenvalue weighted by atomic mass is 32.2. The lowest BCUT2D eigenvalue weighted by Crippen LogP contribution is -2.20. The number of aryl methyl sites for hydroxylation is 1. The van der Waals surface area contributed by atoms with Crippen LogP contribution in [0.25, 0.3) is 10.9 Å². The molecule has 0 unspecified atom stereocenters. The Morgan fingerprint density at radius 2 is 1.90 bits per heavy atom. The van der Waals surface area contributed by atoms with E-state index >= 15 is 0 Å². The van der Waals surface area contributed by atoms with Gasteiger partial charge < -0.3 is 4.90 Å². The van der Waals surface area contributed by atoms with Gasteiger partial charge in [-0.15, -0.1) is 11.8 Å². The summed E-state index contributed by atoms with van der Waals surface area (Å²) in [5.41, 5.74) is 2.31. The van der Waals surface area contributed by atoms with Gasteiger partial charge in [-0.25, -0.2) is 9.97 Å². The largest absolute Gasteiger partial charge is 0.333 e. The second-order valence-corrected chi connectivity index (χ2v) is 6.10. The van der Waals surface area contributed by atoms with Gasteiger partial charge in [0.2, 0.25) is 0 Å². The number of allylic oxidation sites excluding steroid dienone is 4. The number of hydrogen-bond donors (Lipinski definition) is 0. The third-order valence-electron chi connectivity index (χ3n) is 3.79. The van der Waals surface area contributed by atoms with Crippen molar-refractivity contribution in [3.05, 3.63) is 52.8 Å². The first-order valence-electron chi connectivity index (χ1n) is 7.10. The van der Waals surface area contributed by atoms with Crippen LogP contribution in [0.3, 0.4) is 0 Å². The van der Waals surface area contributed by atoms with Gasteiger partial charge in [-0.1, -0.05) is 18.2 Å². The molecule has 21 heavy (non-hydrogen) atoms. The number of rotatable bonds is 3. The minimum Gasteiger partial charge on any atom is -0.333 e. The van der Waals surface area contributed by atoms with Crippen LogP contribution in [0.2, 0.25) is 0 Å². The van der Waals surface area contributed by atoms with Crippen LogP contribution in [0, 0.1) is 6.92 Å². The average Bonchev–Trinajstić information content (AvgIpc) is 2.53. The summed E-state index contributed by atoms with van der Waals surface area (Å²) < 4.78 is 0. The minimum absolute atomic E-state index is 0.812. The van der Waals surface area contributed by atoms with Gasteiger partial charge in [0.05, 0.1) is 5.52 Å². The molecule has 1 aromatic heterocycles. The van der Waals surface area contributed by atoms with Crippen molar-refractivity contribution in [1.29, 1.82) is 0 Å². The molecular weight excluding hydrogens is 278 g/mol. The van der Waals surface area contributed by atoms with E-state index in [0.29, 0.717) is 0 Å². The Labute approximate surface area is 129 Å². The zero-order chi connectivity index (χ0) is 14.8. The SMILES string of the molecule is CSC1=CC=C(N(C)c2nc(C)nc3ccccc23)CC1. The van der Waals surface area contributed by atoms with Gasteiger partial charge in [0.15, 0.2) is 0 Å². The molecule has 0 atom stereocenters. The predicted octanol–water partition coefficient (Wildman–Crippen LogP) is 4.30. The number of aromatic nitrogens is 2. The number of para-hydroxylation sites is 1. The topological polar surface area (TPSA) is 29.0 Å². The first kappa shape index (κ1) is 14.1. The predicted molar refractivity (Wildman–Crippen MR) is 91.6 cm³/mol. The van der Waals surface area contributed by atoms with E-state index in [1.165, 1.54) is 10.6 Å². The normalized spacial score (nSPS) is 14.8. The van der Waals surface area contributed by atoms with Crippen LogP contribution in [-0.4, -0.2) is 23.3 Å². The Bertz CT molecular complexity index is 734. The monoisotopic (exact) mass is 297 g/mol. The zero-order valence-electron chi connectivity index (χ0n) is 12.6. The van der Waals surface area contributed by atoms with Crippen molar-refractivity contribution in [2.45, 2.75) is 19.8 Å². The average molecular weight is 297 g/mol. The molecule has 0 fully saturated rings. The molecular formula is C17H19N3S. The zero-order valence-corrected chi connectivity index (χ0v) is 13.4. The summed E-state index contributed by atoms with van der Waals surface area (Å²) in [4.78, 5) is 12.8. The summed E-state index contributed by atoms with van der Waals surface area (Å²) in [6, 6.07) is 8.20. The third-order valence-corrected chi connectivity index (χ3v) is 4.66. The molecule has 2 aromatic rings. The van der Waals surface area contributed by atoms with Crippen molar-refractivity contribution < 1.29 is 0 Å². The molecule has 0 saturated heterocycles. The van der Waals surface area contributed by atoms with Gasteiger partial charge in [0.25, 0.3) is 0 Å². The number of anilines is 1. The Balaban J connectivity index is 2.04. The maximum absolute atomic E-state index is 4.66. The molecule has 0 aliphatic heterocycles. The Morgan fingerprint density at radius 3 is 2.62 bits per heavy atom. The van der Waals surface area contributed by atoms with Crippen LogP contribution in [0.4, 0.5) is 5.82 Å². The number of benzene rings is 1. The van der Waals surface area contributed by atoms with Crippen LogP contribution >= 0.6 is 11.8 Å². The van der Waals surface area contributed by atoms with Crippen LogP contribution < -0.4 is 4.90 Å². The Hall–Kier alpha value is -1.81. The third kappa shape index (κ3) is 2.81. The lowest BCUT2D eigenvalue weighted by atomic mass is 10.1. The second-order valence-electron chi connectivity index (χ2n) is 5.17. The summed E-state index contributed by atoms with van der Waals surface area (Å²) in [6.07, 6.45) is 8.73. The fourth-order valence-corrected chi connectivity index (χ4v) is 3.13. The van der Waals surface area contributed by atoms with E-state index in [0.717, 1.165) is 35.4 Å². The molecule has 0 N–H and O–H groups in total. The molecule has 0 spiro atoms. The minimum atomic E-state index is 0.812. The molecule has 1 heterocycles. The molecule has 3 nitrogen and oxygen atoms in total. The van der Waals surface area contributed by atoms with Gasteiger partial charge in [-0.05, 0) is 49.1 Å². The van der Waals surface area contributed by atoms with Crippen LogP contribution in [-0.2, 0) is 0 Å². The van der Waals surface area contributed by atoms with Crippen LogP contribution in [0.15, 0.2) is 47.0 Å². The first-order valence-corrected chi connectivity index (χ1v) is 8.32. The maximum atomic E-state index is 4.66. The summed E-state index contributed by atoms with van der Waals surface area (Å²) >= 11 is 1.83. The van der Waals surface area contributed by atoms with Gasteiger partial charge in [0, 0.05) is 18.1 Å². The van der Waals surface area contributed by atoms with Gasteiger partial charge in [-0.2, -0.15) is 0 Å². The van der Waals surface area contributed by atoms with Crippen LogP contribution in [0.1, 0.15) is 18.7 Å². The summed E-state index contributed by atoms with van der Waals surface area (Å²) in [5.74, 6) is 1.80. The maximum Gasteiger partial charge on any atom is 0.144 e.